The van der Waals surface area contributed by atoms with E-state index in [9.17, 15) is 9.59 Å². The Balaban J connectivity index is 3.31. The summed E-state index contributed by atoms with van der Waals surface area (Å²) < 4.78 is 4.93. The number of ether oxygens (including phenoxy) is 1. The number of carbonyl (C=O) groups excluding carboxylic acids is 2. The van der Waals surface area contributed by atoms with Gasteiger partial charge in [-0.1, -0.05) is 11.6 Å². The predicted molar refractivity (Wildman–Crippen MR) is 60.7 cm³/mol. The summed E-state index contributed by atoms with van der Waals surface area (Å²) in [6.07, 6.45) is 0. The van der Waals surface area contributed by atoms with Crippen LogP contribution in [0.15, 0.2) is 16.6 Å². The molecule has 6 heteroatoms. The van der Waals surface area contributed by atoms with Gasteiger partial charge in [0, 0.05) is 4.47 Å². The van der Waals surface area contributed by atoms with Crippen molar-refractivity contribution < 1.29 is 14.3 Å². The fraction of sp³-hybridized carbons (Fsp3) is 0.111. The summed E-state index contributed by atoms with van der Waals surface area (Å²) in [6.45, 7) is 0. The van der Waals surface area contributed by atoms with Crippen molar-refractivity contribution in [3.05, 3.63) is 32.8 Å². The van der Waals surface area contributed by atoms with Crippen molar-refractivity contribution in [3.63, 3.8) is 0 Å². The van der Waals surface area contributed by atoms with Crippen LogP contribution in [0.25, 0.3) is 0 Å². The SMILES string of the molecule is COC(=O)c1cc(Cl)c(C(=O)Cl)cc1Br. The number of benzene rings is 1. The summed E-state index contributed by atoms with van der Waals surface area (Å²) in [6, 6.07) is 2.71. The number of methoxy groups -OCH3 is 1. The Morgan fingerprint density at radius 1 is 1.33 bits per heavy atom. The Hall–Kier alpha value is -0.580. The maximum absolute atomic E-state index is 11.2. The molecule has 0 heterocycles. The van der Waals surface area contributed by atoms with Crippen LogP contribution in [0, 0.1) is 0 Å². The standard InChI is InChI=1S/C9H5BrCl2O3/c1-15-9(14)4-3-7(11)5(8(12)13)2-6(4)10/h2-3H,1H3. The number of carbonyl (C=O) groups is 2. The second-order valence-electron chi connectivity index (χ2n) is 2.58. The summed E-state index contributed by atoms with van der Waals surface area (Å²) in [5, 5.41) is -0.573. The summed E-state index contributed by atoms with van der Waals surface area (Å²) in [5.74, 6) is -0.544. The first-order valence-corrected chi connectivity index (χ1v) is 5.29. The monoisotopic (exact) mass is 310 g/mol. The predicted octanol–water partition coefficient (Wildman–Crippen LogP) is 3.27. The van der Waals surface area contributed by atoms with Crippen LogP contribution in [-0.2, 0) is 4.74 Å². The Morgan fingerprint density at radius 2 is 1.93 bits per heavy atom. The minimum atomic E-state index is -0.683. The second kappa shape index (κ2) is 4.96. The lowest BCUT2D eigenvalue weighted by Gasteiger charge is -2.05. The van der Waals surface area contributed by atoms with Crippen LogP contribution < -0.4 is 0 Å². The van der Waals surface area contributed by atoms with Gasteiger partial charge in [-0.05, 0) is 39.7 Å². The molecule has 80 valence electrons. The zero-order valence-corrected chi connectivity index (χ0v) is 10.6. The van der Waals surface area contributed by atoms with Crippen molar-refractivity contribution >= 4 is 50.3 Å². The lowest BCUT2D eigenvalue weighted by atomic mass is 10.1. The molecule has 1 rings (SSSR count). The largest absolute Gasteiger partial charge is 0.465 e. The van der Waals surface area contributed by atoms with Crippen molar-refractivity contribution in [3.8, 4) is 0 Å². The van der Waals surface area contributed by atoms with Gasteiger partial charge in [0.1, 0.15) is 0 Å². The van der Waals surface area contributed by atoms with E-state index >= 15 is 0 Å². The average molecular weight is 312 g/mol. The first kappa shape index (κ1) is 12.5. The van der Waals surface area contributed by atoms with Crippen molar-refractivity contribution in [1.82, 2.24) is 0 Å². The number of halogens is 3. The quantitative estimate of drug-likeness (QED) is 0.622. The van der Waals surface area contributed by atoms with Crippen LogP contribution in [0.2, 0.25) is 5.02 Å². The molecule has 0 aromatic heterocycles. The molecule has 0 unspecified atom stereocenters. The highest BCUT2D eigenvalue weighted by molar-refractivity contribution is 9.10. The summed E-state index contributed by atoms with van der Waals surface area (Å²) in [5.41, 5.74) is 0.377. The van der Waals surface area contributed by atoms with Crippen LogP contribution in [0.1, 0.15) is 20.7 Å². The number of hydrogen-bond donors (Lipinski definition) is 0. The normalized spacial score (nSPS) is 9.87. The molecule has 0 aliphatic carbocycles. The molecule has 0 bridgehead atoms. The number of hydrogen-bond acceptors (Lipinski definition) is 3. The highest BCUT2D eigenvalue weighted by Crippen LogP contribution is 2.27. The molecule has 0 N–H and O–H groups in total. The van der Waals surface area contributed by atoms with Crippen molar-refractivity contribution in [2.45, 2.75) is 0 Å². The summed E-state index contributed by atoms with van der Waals surface area (Å²) in [4.78, 5) is 22.2. The first-order chi connectivity index (χ1) is 6.97. The molecule has 0 aliphatic heterocycles. The van der Waals surface area contributed by atoms with Gasteiger partial charge in [0.05, 0.1) is 23.3 Å². The van der Waals surface area contributed by atoms with Crippen molar-refractivity contribution in [2.24, 2.45) is 0 Å². The minimum Gasteiger partial charge on any atom is -0.465 e. The maximum Gasteiger partial charge on any atom is 0.339 e. The zero-order valence-electron chi connectivity index (χ0n) is 7.51. The van der Waals surface area contributed by atoms with E-state index in [0.29, 0.717) is 4.47 Å². The fourth-order valence-corrected chi connectivity index (χ4v) is 1.92. The molecule has 15 heavy (non-hydrogen) atoms. The minimum absolute atomic E-state index is 0.110. The van der Waals surface area contributed by atoms with Gasteiger partial charge in [-0.25, -0.2) is 4.79 Å². The molecule has 1 aromatic carbocycles. The van der Waals surface area contributed by atoms with E-state index < -0.39 is 11.2 Å². The van der Waals surface area contributed by atoms with Gasteiger partial charge >= 0.3 is 5.97 Å². The van der Waals surface area contributed by atoms with Crippen LogP contribution in [-0.4, -0.2) is 18.3 Å². The third-order valence-corrected chi connectivity index (χ3v) is 2.85. The van der Waals surface area contributed by atoms with Crippen LogP contribution in [0.4, 0.5) is 0 Å². The average Bonchev–Trinajstić information content (AvgIpc) is 2.19. The zero-order chi connectivity index (χ0) is 11.6. The van der Waals surface area contributed by atoms with Crippen LogP contribution in [0.3, 0.4) is 0 Å². The topological polar surface area (TPSA) is 43.4 Å². The van der Waals surface area contributed by atoms with Gasteiger partial charge in [-0.2, -0.15) is 0 Å². The lowest BCUT2D eigenvalue weighted by Crippen LogP contribution is -2.04. The molecular formula is C9H5BrCl2O3. The fourth-order valence-electron chi connectivity index (χ4n) is 0.964. The molecule has 0 radical (unpaired) electrons. The Labute approximate surface area is 104 Å². The van der Waals surface area contributed by atoms with E-state index in [1.165, 1.54) is 19.2 Å². The highest BCUT2D eigenvalue weighted by atomic mass is 79.9. The molecule has 0 fully saturated rings. The van der Waals surface area contributed by atoms with Crippen LogP contribution >= 0.6 is 39.1 Å². The van der Waals surface area contributed by atoms with Gasteiger partial charge in [-0.3, -0.25) is 4.79 Å². The van der Waals surface area contributed by atoms with Crippen molar-refractivity contribution in [2.75, 3.05) is 7.11 Å². The first-order valence-electron chi connectivity index (χ1n) is 3.74. The second-order valence-corrected chi connectivity index (χ2v) is 4.18. The van der Waals surface area contributed by atoms with E-state index in [2.05, 4.69) is 20.7 Å². The van der Waals surface area contributed by atoms with Gasteiger partial charge < -0.3 is 4.74 Å². The summed E-state index contributed by atoms with van der Waals surface area (Å²) in [7, 11) is 1.25. The molecule has 0 amide bonds. The number of esters is 1. The van der Waals surface area contributed by atoms with E-state index in [-0.39, 0.29) is 16.1 Å². The van der Waals surface area contributed by atoms with E-state index in [1.807, 2.05) is 0 Å². The van der Waals surface area contributed by atoms with Gasteiger partial charge in [0.25, 0.3) is 5.24 Å². The molecule has 0 saturated heterocycles. The highest BCUT2D eigenvalue weighted by Gasteiger charge is 2.16. The molecule has 0 saturated carbocycles. The molecular weight excluding hydrogens is 307 g/mol. The van der Waals surface area contributed by atoms with E-state index in [1.54, 1.807) is 0 Å². The molecule has 0 spiro atoms. The van der Waals surface area contributed by atoms with E-state index in [4.69, 9.17) is 23.2 Å². The molecule has 0 aliphatic rings. The van der Waals surface area contributed by atoms with Gasteiger partial charge in [0.15, 0.2) is 0 Å². The number of rotatable bonds is 2. The van der Waals surface area contributed by atoms with Crippen LogP contribution in [0.5, 0.6) is 0 Å². The molecule has 0 atom stereocenters. The summed E-state index contributed by atoms with van der Waals surface area (Å²) >= 11 is 14.2. The Kier molecular flexibility index (Phi) is 4.13. The Bertz CT molecular complexity index is 432. The van der Waals surface area contributed by atoms with Crippen molar-refractivity contribution in [1.29, 1.82) is 0 Å². The lowest BCUT2D eigenvalue weighted by molar-refractivity contribution is 0.0599. The maximum atomic E-state index is 11.2. The molecule has 3 nitrogen and oxygen atoms in total. The van der Waals surface area contributed by atoms with Gasteiger partial charge in [-0.15, -0.1) is 0 Å². The van der Waals surface area contributed by atoms with E-state index in [0.717, 1.165) is 0 Å². The Morgan fingerprint density at radius 3 is 2.40 bits per heavy atom. The van der Waals surface area contributed by atoms with Gasteiger partial charge in [0.2, 0.25) is 0 Å². The molecule has 1 aromatic rings. The third-order valence-electron chi connectivity index (χ3n) is 1.67. The third kappa shape index (κ3) is 2.71. The smallest absolute Gasteiger partial charge is 0.339 e.